The summed E-state index contributed by atoms with van der Waals surface area (Å²) in [6.45, 7) is 6.25. The first-order chi connectivity index (χ1) is 13.7. The number of aromatic amines is 1. The van der Waals surface area contributed by atoms with E-state index in [4.69, 9.17) is 26.4 Å². The maximum Gasteiger partial charge on any atom is 0.218 e. The highest BCUT2D eigenvalue weighted by molar-refractivity contribution is 7.80. The summed E-state index contributed by atoms with van der Waals surface area (Å²) in [5.74, 6) is 1.19. The van der Waals surface area contributed by atoms with Gasteiger partial charge in [0.2, 0.25) is 11.0 Å². The number of hydrogen-bond donors (Lipinski definition) is 3. The summed E-state index contributed by atoms with van der Waals surface area (Å²) in [5.41, 5.74) is 1.02. The second kappa shape index (κ2) is 8.72. The lowest BCUT2D eigenvalue weighted by molar-refractivity contribution is 0.0376. The van der Waals surface area contributed by atoms with Crippen LogP contribution >= 0.6 is 12.2 Å². The first-order valence-corrected chi connectivity index (χ1v) is 9.75. The number of morpholine rings is 1. The van der Waals surface area contributed by atoms with Crippen LogP contribution in [0.3, 0.4) is 0 Å². The number of thiocarbonyl (C=S) groups is 1. The molecule has 2 aromatic rings. The molecule has 150 valence electrons. The van der Waals surface area contributed by atoms with Crippen molar-refractivity contribution in [2.45, 2.75) is 6.42 Å². The van der Waals surface area contributed by atoms with E-state index in [0.29, 0.717) is 47.8 Å². The Balaban J connectivity index is 1.35. The lowest BCUT2D eigenvalue weighted by atomic mass is 10.2. The molecule has 0 bridgehead atoms. The Morgan fingerprint density at radius 2 is 1.93 bits per heavy atom. The van der Waals surface area contributed by atoms with Gasteiger partial charge in [-0.15, -0.1) is 10.2 Å². The van der Waals surface area contributed by atoms with Crippen LogP contribution in [0.1, 0.15) is 6.42 Å². The van der Waals surface area contributed by atoms with Crippen molar-refractivity contribution in [2.75, 3.05) is 52.6 Å². The molecule has 28 heavy (non-hydrogen) atoms. The number of fused-ring (bicyclic) bond motifs is 2. The molecule has 3 N–H and O–H groups in total. The topological polar surface area (TPSA) is 104 Å². The average molecular weight is 405 g/mol. The largest absolute Gasteiger partial charge is 0.493 e. The third kappa shape index (κ3) is 4.34. The summed E-state index contributed by atoms with van der Waals surface area (Å²) < 4.78 is 16.5. The number of nitrogens with one attached hydrogen (secondary N) is 2. The van der Waals surface area contributed by atoms with E-state index in [1.807, 2.05) is 0 Å². The van der Waals surface area contributed by atoms with E-state index in [-0.39, 0.29) is 11.0 Å². The zero-order valence-corrected chi connectivity index (χ0v) is 16.3. The molecule has 0 saturated carbocycles. The lowest BCUT2D eigenvalue weighted by Gasteiger charge is -2.26. The number of azo groups is 1. The molecule has 3 heterocycles. The van der Waals surface area contributed by atoms with E-state index in [2.05, 4.69) is 25.4 Å². The number of ether oxygens (including phenoxy) is 3. The fourth-order valence-electron chi connectivity index (χ4n) is 3.26. The van der Waals surface area contributed by atoms with Crippen LogP contribution in [0.15, 0.2) is 22.4 Å². The second-order valence-corrected chi connectivity index (χ2v) is 6.99. The van der Waals surface area contributed by atoms with Crippen LogP contribution in [0.2, 0.25) is 0 Å². The van der Waals surface area contributed by atoms with E-state index in [0.717, 1.165) is 39.3 Å². The van der Waals surface area contributed by atoms with Crippen molar-refractivity contribution in [3.05, 3.63) is 12.1 Å². The van der Waals surface area contributed by atoms with Crippen LogP contribution in [-0.4, -0.2) is 72.7 Å². The van der Waals surface area contributed by atoms with Crippen molar-refractivity contribution in [3.63, 3.8) is 0 Å². The lowest BCUT2D eigenvalue weighted by Crippen LogP contribution is -2.37. The summed E-state index contributed by atoms with van der Waals surface area (Å²) >= 11 is 5.22. The van der Waals surface area contributed by atoms with Gasteiger partial charge in [0, 0.05) is 31.1 Å². The Bertz CT molecular complexity index is 878. The van der Waals surface area contributed by atoms with Crippen LogP contribution in [0.4, 0.5) is 5.69 Å². The quantitative estimate of drug-likeness (QED) is 0.398. The van der Waals surface area contributed by atoms with E-state index < -0.39 is 0 Å². The Kier molecular flexibility index (Phi) is 5.89. The Morgan fingerprint density at radius 1 is 1.18 bits per heavy atom. The molecule has 0 aliphatic carbocycles. The standard InChI is InChI=1S/C18H23N5O4S/c24-17-16(12-10-14-15(11-13(12)20-17)27-9-8-26-14)21-22-18(28)19-2-1-3-23-4-6-25-7-5-23/h10-11,20,24H,1-9H2,(H,19,28). The summed E-state index contributed by atoms with van der Waals surface area (Å²) in [7, 11) is 0. The summed E-state index contributed by atoms with van der Waals surface area (Å²) in [6.07, 6.45) is 0.956. The average Bonchev–Trinajstić information content (AvgIpc) is 3.02. The molecular formula is C18H23N5O4S. The summed E-state index contributed by atoms with van der Waals surface area (Å²) in [4.78, 5) is 5.24. The van der Waals surface area contributed by atoms with Crippen LogP contribution in [0, 0.1) is 0 Å². The molecule has 0 unspecified atom stereocenters. The summed E-state index contributed by atoms with van der Waals surface area (Å²) in [5, 5.41) is 22.4. The van der Waals surface area contributed by atoms with Crippen molar-refractivity contribution >= 4 is 33.9 Å². The number of nitrogens with zero attached hydrogens (tertiary/aromatic N) is 3. The Hall–Kier alpha value is -2.43. The van der Waals surface area contributed by atoms with Gasteiger partial charge in [0.05, 0.1) is 18.7 Å². The fourth-order valence-corrected chi connectivity index (χ4v) is 3.40. The van der Waals surface area contributed by atoms with Crippen molar-refractivity contribution in [1.29, 1.82) is 0 Å². The minimum Gasteiger partial charge on any atom is -0.493 e. The molecule has 1 fully saturated rings. The molecule has 1 aromatic heterocycles. The number of H-pyrrole nitrogens is 1. The van der Waals surface area contributed by atoms with Gasteiger partial charge in [0.15, 0.2) is 17.2 Å². The molecular weight excluding hydrogens is 382 g/mol. The maximum absolute atomic E-state index is 10.2. The van der Waals surface area contributed by atoms with Crippen LogP contribution in [0.5, 0.6) is 17.4 Å². The van der Waals surface area contributed by atoms with Gasteiger partial charge in [0.25, 0.3) is 0 Å². The van der Waals surface area contributed by atoms with Gasteiger partial charge in [-0.3, -0.25) is 4.90 Å². The predicted molar refractivity (Wildman–Crippen MR) is 108 cm³/mol. The molecule has 0 amide bonds. The van der Waals surface area contributed by atoms with Crippen molar-refractivity contribution < 1.29 is 19.3 Å². The van der Waals surface area contributed by atoms with E-state index >= 15 is 0 Å². The molecule has 9 nitrogen and oxygen atoms in total. The third-order valence-electron chi connectivity index (χ3n) is 4.69. The molecule has 1 aromatic carbocycles. The highest BCUT2D eigenvalue weighted by Gasteiger charge is 2.18. The maximum atomic E-state index is 10.2. The molecule has 4 rings (SSSR count). The zero-order chi connectivity index (χ0) is 19.3. The molecule has 2 aliphatic rings. The number of aromatic nitrogens is 1. The highest BCUT2D eigenvalue weighted by atomic mass is 32.1. The monoisotopic (exact) mass is 405 g/mol. The molecule has 10 heteroatoms. The van der Waals surface area contributed by atoms with Gasteiger partial charge in [-0.05, 0) is 31.2 Å². The highest BCUT2D eigenvalue weighted by Crippen LogP contribution is 2.42. The molecule has 0 atom stereocenters. The van der Waals surface area contributed by atoms with Gasteiger partial charge in [-0.2, -0.15) is 0 Å². The van der Waals surface area contributed by atoms with Gasteiger partial charge >= 0.3 is 0 Å². The number of benzene rings is 1. The van der Waals surface area contributed by atoms with Gasteiger partial charge in [-0.25, -0.2) is 0 Å². The van der Waals surface area contributed by atoms with Gasteiger partial charge < -0.3 is 29.6 Å². The van der Waals surface area contributed by atoms with Crippen LogP contribution in [0.25, 0.3) is 10.9 Å². The SMILES string of the molecule is Oc1[nH]c2cc3c(cc2c1N=NC(=S)NCCCN1CCOCC1)OCCO3. The molecule has 2 aliphatic heterocycles. The first kappa shape index (κ1) is 18.9. The van der Waals surface area contributed by atoms with E-state index in [1.165, 1.54) is 0 Å². The van der Waals surface area contributed by atoms with Crippen molar-refractivity contribution in [1.82, 2.24) is 15.2 Å². The van der Waals surface area contributed by atoms with Crippen molar-refractivity contribution in [3.8, 4) is 17.4 Å². The first-order valence-electron chi connectivity index (χ1n) is 9.34. The fraction of sp³-hybridized carbons (Fsp3) is 0.500. The second-order valence-electron chi connectivity index (χ2n) is 6.60. The minimum atomic E-state index is -0.0729. The van der Waals surface area contributed by atoms with Gasteiger partial charge in [0.1, 0.15) is 13.2 Å². The van der Waals surface area contributed by atoms with Crippen LogP contribution in [-0.2, 0) is 4.74 Å². The Morgan fingerprint density at radius 3 is 2.71 bits per heavy atom. The van der Waals surface area contributed by atoms with E-state index in [1.54, 1.807) is 12.1 Å². The summed E-state index contributed by atoms with van der Waals surface area (Å²) in [6, 6.07) is 3.57. The number of hydrogen-bond acceptors (Lipinski definition) is 7. The third-order valence-corrected chi connectivity index (χ3v) is 4.91. The Labute approximate surface area is 167 Å². The van der Waals surface area contributed by atoms with E-state index in [9.17, 15) is 5.11 Å². The molecule has 1 saturated heterocycles. The van der Waals surface area contributed by atoms with Crippen molar-refractivity contribution in [2.24, 2.45) is 10.2 Å². The predicted octanol–water partition coefficient (Wildman–Crippen LogP) is 2.33. The number of rotatable bonds is 5. The zero-order valence-electron chi connectivity index (χ0n) is 15.4. The van der Waals surface area contributed by atoms with Gasteiger partial charge in [-0.1, -0.05) is 0 Å². The minimum absolute atomic E-state index is 0.0729. The molecule has 0 spiro atoms. The smallest absolute Gasteiger partial charge is 0.218 e. The number of aromatic hydroxyl groups is 1. The van der Waals surface area contributed by atoms with Crippen LogP contribution < -0.4 is 14.8 Å². The normalized spacial score (nSPS) is 17.3. The molecule has 0 radical (unpaired) electrons.